The molecule has 0 saturated heterocycles. The summed E-state index contributed by atoms with van der Waals surface area (Å²) in [6.45, 7) is 9.91. The number of hydrogen-bond donors (Lipinski definition) is 2. The summed E-state index contributed by atoms with van der Waals surface area (Å²) in [5.74, 6) is -0.122. The van der Waals surface area contributed by atoms with E-state index in [1.807, 2.05) is 33.9 Å². The number of amides is 1. The maximum atomic E-state index is 12.0. The second kappa shape index (κ2) is 5.80. The van der Waals surface area contributed by atoms with E-state index in [0.717, 1.165) is 11.4 Å². The van der Waals surface area contributed by atoms with Crippen LogP contribution in [0.25, 0.3) is 0 Å². The van der Waals surface area contributed by atoms with Crippen LogP contribution in [-0.4, -0.2) is 16.9 Å². The Balaban J connectivity index is 2.64. The van der Waals surface area contributed by atoms with E-state index in [1.165, 1.54) is 4.88 Å². The molecule has 1 heterocycles. The standard InChI is InChI=1S/C13H23N3OS/c1-6-9-7-15-12(18-9)8(2)16-11(17)10(14)13(3,4)5/h7-8,10H,6,14H2,1-5H3,(H,16,17)/t8?,10-/m1/s1. The topological polar surface area (TPSA) is 68.0 Å². The molecule has 2 atom stereocenters. The lowest BCUT2D eigenvalue weighted by Crippen LogP contribution is -2.49. The average molecular weight is 269 g/mol. The van der Waals surface area contributed by atoms with Crippen molar-refractivity contribution in [3.63, 3.8) is 0 Å². The van der Waals surface area contributed by atoms with Crippen LogP contribution in [0.2, 0.25) is 0 Å². The summed E-state index contributed by atoms with van der Waals surface area (Å²) >= 11 is 1.64. The van der Waals surface area contributed by atoms with E-state index in [0.29, 0.717) is 0 Å². The van der Waals surface area contributed by atoms with Gasteiger partial charge in [-0.1, -0.05) is 27.7 Å². The van der Waals surface area contributed by atoms with Crippen LogP contribution in [-0.2, 0) is 11.2 Å². The first kappa shape index (κ1) is 15.1. The van der Waals surface area contributed by atoms with Crippen LogP contribution in [0, 0.1) is 5.41 Å². The summed E-state index contributed by atoms with van der Waals surface area (Å²) in [7, 11) is 0. The van der Waals surface area contributed by atoms with Gasteiger partial charge in [0.05, 0.1) is 12.1 Å². The smallest absolute Gasteiger partial charge is 0.238 e. The molecule has 0 aromatic carbocycles. The zero-order valence-electron chi connectivity index (χ0n) is 11.8. The van der Waals surface area contributed by atoms with Crippen LogP contribution >= 0.6 is 11.3 Å². The van der Waals surface area contributed by atoms with E-state index in [4.69, 9.17) is 5.73 Å². The minimum atomic E-state index is -0.509. The van der Waals surface area contributed by atoms with E-state index in [-0.39, 0.29) is 17.4 Å². The first-order valence-electron chi connectivity index (χ1n) is 6.26. The molecule has 1 aromatic rings. The second-order valence-electron chi connectivity index (χ2n) is 5.59. The Bertz CT molecular complexity index is 409. The van der Waals surface area contributed by atoms with Gasteiger partial charge in [-0.25, -0.2) is 4.98 Å². The molecule has 0 aliphatic rings. The summed E-state index contributed by atoms with van der Waals surface area (Å²) in [6, 6.07) is -0.596. The average Bonchev–Trinajstić information content (AvgIpc) is 2.75. The molecule has 0 saturated carbocycles. The summed E-state index contributed by atoms with van der Waals surface area (Å²) in [5.41, 5.74) is 5.69. The number of aromatic nitrogens is 1. The number of thiazole rings is 1. The molecule has 1 aromatic heterocycles. The molecule has 0 spiro atoms. The van der Waals surface area contributed by atoms with Gasteiger partial charge in [0.2, 0.25) is 5.91 Å². The lowest BCUT2D eigenvalue weighted by atomic mass is 9.87. The predicted molar refractivity (Wildman–Crippen MR) is 75.5 cm³/mol. The van der Waals surface area contributed by atoms with E-state index in [2.05, 4.69) is 17.2 Å². The molecular formula is C13H23N3OS. The predicted octanol–water partition coefficient (Wildman–Crippen LogP) is 2.26. The van der Waals surface area contributed by atoms with Crippen LogP contribution in [0.1, 0.15) is 50.5 Å². The highest BCUT2D eigenvalue weighted by Crippen LogP contribution is 2.22. The summed E-state index contributed by atoms with van der Waals surface area (Å²) in [5, 5.41) is 3.86. The monoisotopic (exact) mass is 269 g/mol. The fraction of sp³-hybridized carbons (Fsp3) is 0.692. The Hall–Kier alpha value is -0.940. The van der Waals surface area contributed by atoms with Gasteiger partial charge in [-0.05, 0) is 18.8 Å². The van der Waals surface area contributed by atoms with Gasteiger partial charge in [0.25, 0.3) is 0 Å². The van der Waals surface area contributed by atoms with Crippen LogP contribution < -0.4 is 11.1 Å². The molecule has 0 aliphatic carbocycles. The van der Waals surface area contributed by atoms with Crippen molar-refractivity contribution in [2.45, 2.75) is 53.1 Å². The molecule has 0 aliphatic heterocycles. The van der Waals surface area contributed by atoms with Crippen molar-refractivity contribution < 1.29 is 4.79 Å². The third kappa shape index (κ3) is 3.78. The summed E-state index contributed by atoms with van der Waals surface area (Å²) in [4.78, 5) is 17.5. The molecule has 18 heavy (non-hydrogen) atoms. The Morgan fingerprint density at radius 2 is 2.17 bits per heavy atom. The first-order valence-corrected chi connectivity index (χ1v) is 7.08. The molecule has 1 rings (SSSR count). The van der Waals surface area contributed by atoms with Gasteiger partial charge in [0, 0.05) is 11.1 Å². The Morgan fingerprint density at radius 3 is 2.61 bits per heavy atom. The molecule has 0 radical (unpaired) electrons. The fourth-order valence-corrected chi connectivity index (χ4v) is 2.30. The molecule has 3 N–H and O–H groups in total. The van der Waals surface area contributed by atoms with Crippen molar-refractivity contribution in [3.8, 4) is 0 Å². The van der Waals surface area contributed by atoms with Crippen molar-refractivity contribution in [2.24, 2.45) is 11.1 Å². The van der Waals surface area contributed by atoms with Gasteiger partial charge in [0.1, 0.15) is 5.01 Å². The largest absolute Gasteiger partial charge is 0.346 e. The molecular weight excluding hydrogens is 246 g/mol. The van der Waals surface area contributed by atoms with Crippen molar-refractivity contribution in [1.82, 2.24) is 10.3 Å². The Labute approximate surface area is 113 Å². The Kier molecular flexibility index (Phi) is 4.87. The summed E-state index contributed by atoms with van der Waals surface area (Å²) in [6.07, 6.45) is 2.84. The number of carbonyl (C=O) groups excluding carboxylic acids is 1. The highest BCUT2D eigenvalue weighted by Gasteiger charge is 2.28. The van der Waals surface area contributed by atoms with Crippen molar-refractivity contribution >= 4 is 17.2 Å². The molecule has 102 valence electrons. The number of nitrogens with one attached hydrogen (secondary N) is 1. The summed E-state index contributed by atoms with van der Waals surface area (Å²) < 4.78 is 0. The molecule has 1 amide bonds. The van der Waals surface area contributed by atoms with Gasteiger partial charge >= 0.3 is 0 Å². The van der Waals surface area contributed by atoms with Gasteiger partial charge in [-0.2, -0.15) is 0 Å². The molecule has 0 fully saturated rings. The van der Waals surface area contributed by atoms with Crippen molar-refractivity contribution in [2.75, 3.05) is 0 Å². The van der Waals surface area contributed by atoms with Crippen LogP contribution in [0.4, 0.5) is 0 Å². The van der Waals surface area contributed by atoms with Crippen molar-refractivity contribution in [1.29, 1.82) is 0 Å². The normalized spacial score (nSPS) is 15.2. The molecule has 4 nitrogen and oxygen atoms in total. The zero-order chi connectivity index (χ0) is 13.9. The van der Waals surface area contributed by atoms with Gasteiger partial charge in [-0.15, -0.1) is 11.3 Å². The highest BCUT2D eigenvalue weighted by molar-refractivity contribution is 7.11. The first-order chi connectivity index (χ1) is 8.25. The van der Waals surface area contributed by atoms with Crippen LogP contribution in [0.3, 0.4) is 0 Å². The molecule has 5 heteroatoms. The lowest BCUT2D eigenvalue weighted by Gasteiger charge is -2.27. The molecule has 1 unspecified atom stereocenters. The van der Waals surface area contributed by atoms with Gasteiger partial charge in [-0.3, -0.25) is 4.79 Å². The number of rotatable bonds is 4. The quantitative estimate of drug-likeness (QED) is 0.881. The van der Waals surface area contributed by atoms with E-state index >= 15 is 0 Å². The van der Waals surface area contributed by atoms with Crippen LogP contribution in [0.5, 0.6) is 0 Å². The maximum absolute atomic E-state index is 12.0. The number of hydrogen-bond acceptors (Lipinski definition) is 4. The number of nitrogens with two attached hydrogens (primary N) is 1. The van der Waals surface area contributed by atoms with E-state index < -0.39 is 6.04 Å². The number of nitrogens with zero attached hydrogens (tertiary/aromatic N) is 1. The van der Waals surface area contributed by atoms with Crippen LogP contribution in [0.15, 0.2) is 6.20 Å². The van der Waals surface area contributed by atoms with Gasteiger partial charge in [0.15, 0.2) is 0 Å². The van der Waals surface area contributed by atoms with E-state index in [9.17, 15) is 4.79 Å². The Morgan fingerprint density at radius 1 is 1.56 bits per heavy atom. The lowest BCUT2D eigenvalue weighted by molar-refractivity contribution is -0.125. The van der Waals surface area contributed by atoms with E-state index in [1.54, 1.807) is 11.3 Å². The highest BCUT2D eigenvalue weighted by atomic mass is 32.1. The zero-order valence-corrected chi connectivity index (χ0v) is 12.6. The molecule has 0 bridgehead atoms. The second-order valence-corrected chi connectivity index (χ2v) is 6.74. The van der Waals surface area contributed by atoms with Crippen molar-refractivity contribution in [3.05, 3.63) is 16.1 Å². The third-order valence-electron chi connectivity index (χ3n) is 2.86. The fourth-order valence-electron chi connectivity index (χ4n) is 1.44. The number of carbonyl (C=O) groups is 1. The minimum Gasteiger partial charge on any atom is -0.346 e. The van der Waals surface area contributed by atoms with Gasteiger partial charge < -0.3 is 11.1 Å². The minimum absolute atomic E-state index is 0.0869. The maximum Gasteiger partial charge on any atom is 0.238 e. The number of aryl methyl sites for hydroxylation is 1. The SMILES string of the molecule is CCc1cnc(C(C)NC(=O)[C@@H](N)C(C)(C)C)s1. The third-order valence-corrected chi connectivity index (χ3v) is 4.19.